The van der Waals surface area contributed by atoms with E-state index in [1.807, 2.05) is 12.1 Å². The van der Waals surface area contributed by atoms with Crippen molar-refractivity contribution in [2.75, 3.05) is 18.5 Å². The zero-order valence-electron chi connectivity index (χ0n) is 13.3. The van der Waals surface area contributed by atoms with E-state index in [1.54, 1.807) is 0 Å². The Hall–Kier alpha value is -1.96. The molecule has 0 heterocycles. The Kier molecular flexibility index (Phi) is 5.68. The molecule has 21 heavy (non-hydrogen) atoms. The van der Waals surface area contributed by atoms with E-state index in [0.29, 0.717) is 6.61 Å². The summed E-state index contributed by atoms with van der Waals surface area (Å²) in [6, 6.07) is 14.7. The number of benzene rings is 2. The summed E-state index contributed by atoms with van der Waals surface area (Å²) in [5.41, 5.74) is 5.10. The van der Waals surface area contributed by atoms with Crippen LogP contribution in [0.2, 0.25) is 0 Å². The lowest BCUT2D eigenvalue weighted by Crippen LogP contribution is -2.13. The fourth-order valence-corrected chi connectivity index (χ4v) is 2.41. The van der Waals surface area contributed by atoms with Crippen LogP contribution in [0.3, 0.4) is 0 Å². The van der Waals surface area contributed by atoms with Gasteiger partial charge in [-0.2, -0.15) is 0 Å². The average Bonchev–Trinajstić information content (AvgIpc) is 2.49. The van der Waals surface area contributed by atoms with Crippen molar-refractivity contribution in [2.24, 2.45) is 0 Å². The van der Waals surface area contributed by atoms with Crippen LogP contribution >= 0.6 is 0 Å². The van der Waals surface area contributed by atoms with E-state index in [2.05, 4.69) is 56.4 Å². The molecule has 0 radical (unpaired) electrons. The maximum absolute atomic E-state index is 5.88. The van der Waals surface area contributed by atoms with Crippen LogP contribution < -0.4 is 10.1 Å². The second-order valence-electron chi connectivity index (χ2n) is 5.38. The first-order valence-electron chi connectivity index (χ1n) is 7.73. The summed E-state index contributed by atoms with van der Waals surface area (Å²) in [4.78, 5) is 0. The SMILES string of the molecule is CCCc1ccccc1NCCOc1cccc(C)c1C. The first kappa shape index (κ1) is 15.4. The van der Waals surface area contributed by atoms with Gasteiger partial charge in [-0.3, -0.25) is 0 Å². The van der Waals surface area contributed by atoms with Gasteiger partial charge in [0.25, 0.3) is 0 Å². The lowest BCUT2D eigenvalue weighted by molar-refractivity contribution is 0.330. The van der Waals surface area contributed by atoms with Crippen LogP contribution in [0.15, 0.2) is 42.5 Å². The van der Waals surface area contributed by atoms with E-state index in [0.717, 1.165) is 25.1 Å². The molecule has 0 aliphatic rings. The van der Waals surface area contributed by atoms with Crippen LogP contribution in [0.5, 0.6) is 5.75 Å². The summed E-state index contributed by atoms with van der Waals surface area (Å²) in [5, 5.41) is 3.48. The monoisotopic (exact) mass is 283 g/mol. The van der Waals surface area contributed by atoms with Crippen molar-refractivity contribution in [3.63, 3.8) is 0 Å². The Balaban J connectivity index is 1.86. The van der Waals surface area contributed by atoms with Crippen molar-refractivity contribution < 1.29 is 4.74 Å². The van der Waals surface area contributed by atoms with Crippen LogP contribution in [0, 0.1) is 13.8 Å². The number of ether oxygens (including phenoxy) is 1. The highest BCUT2D eigenvalue weighted by atomic mass is 16.5. The summed E-state index contributed by atoms with van der Waals surface area (Å²) < 4.78 is 5.88. The maximum Gasteiger partial charge on any atom is 0.122 e. The number of aryl methyl sites for hydroxylation is 2. The second kappa shape index (κ2) is 7.72. The minimum Gasteiger partial charge on any atom is -0.491 e. The van der Waals surface area contributed by atoms with Crippen LogP contribution in [-0.2, 0) is 6.42 Å². The molecule has 0 aliphatic carbocycles. The van der Waals surface area contributed by atoms with Crippen molar-refractivity contribution in [3.05, 3.63) is 59.2 Å². The Labute approximate surface area is 128 Å². The third-order valence-electron chi connectivity index (χ3n) is 3.77. The van der Waals surface area contributed by atoms with Crippen molar-refractivity contribution >= 4 is 5.69 Å². The standard InChI is InChI=1S/C19H25NO/c1-4-8-17-10-5-6-11-18(17)20-13-14-21-19-12-7-9-15(2)16(19)3/h5-7,9-12,20H,4,8,13-14H2,1-3H3. The zero-order valence-corrected chi connectivity index (χ0v) is 13.3. The quantitative estimate of drug-likeness (QED) is 0.741. The molecule has 2 aromatic rings. The molecule has 0 aliphatic heterocycles. The predicted octanol–water partition coefficient (Wildman–Crippen LogP) is 4.75. The van der Waals surface area contributed by atoms with Gasteiger partial charge in [-0.1, -0.05) is 43.7 Å². The van der Waals surface area contributed by atoms with Gasteiger partial charge < -0.3 is 10.1 Å². The van der Waals surface area contributed by atoms with E-state index in [4.69, 9.17) is 4.74 Å². The highest BCUT2D eigenvalue weighted by Crippen LogP contribution is 2.20. The van der Waals surface area contributed by atoms with Crippen molar-refractivity contribution in [3.8, 4) is 5.75 Å². The second-order valence-corrected chi connectivity index (χ2v) is 5.38. The van der Waals surface area contributed by atoms with E-state index in [9.17, 15) is 0 Å². The van der Waals surface area contributed by atoms with Crippen LogP contribution in [-0.4, -0.2) is 13.2 Å². The largest absolute Gasteiger partial charge is 0.491 e. The molecule has 0 atom stereocenters. The van der Waals surface area contributed by atoms with Gasteiger partial charge in [0.2, 0.25) is 0 Å². The van der Waals surface area contributed by atoms with Crippen LogP contribution in [0.4, 0.5) is 5.69 Å². The molecule has 2 heteroatoms. The van der Waals surface area contributed by atoms with Crippen LogP contribution in [0.1, 0.15) is 30.0 Å². The first-order chi connectivity index (χ1) is 10.2. The van der Waals surface area contributed by atoms with E-state index in [-0.39, 0.29) is 0 Å². The normalized spacial score (nSPS) is 10.4. The summed E-state index contributed by atoms with van der Waals surface area (Å²) in [7, 11) is 0. The molecular formula is C19H25NO. The molecule has 0 saturated heterocycles. The molecule has 0 amide bonds. The summed E-state index contributed by atoms with van der Waals surface area (Å²) in [5.74, 6) is 0.985. The average molecular weight is 283 g/mol. The Morgan fingerprint density at radius 1 is 1.00 bits per heavy atom. The Morgan fingerprint density at radius 3 is 2.62 bits per heavy atom. The van der Waals surface area contributed by atoms with Crippen molar-refractivity contribution in [1.29, 1.82) is 0 Å². The summed E-state index contributed by atoms with van der Waals surface area (Å²) >= 11 is 0. The van der Waals surface area contributed by atoms with Gasteiger partial charge in [-0.15, -0.1) is 0 Å². The van der Waals surface area contributed by atoms with E-state index in [1.165, 1.54) is 22.4 Å². The topological polar surface area (TPSA) is 21.3 Å². The van der Waals surface area contributed by atoms with Gasteiger partial charge in [-0.25, -0.2) is 0 Å². The number of hydrogen-bond donors (Lipinski definition) is 1. The molecule has 0 unspecified atom stereocenters. The van der Waals surface area contributed by atoms with Crippen LogP contribution in [0.25, 0.3) is 0 Å². The van der Waals surface area contributed by atoms with Crippen molar-refractivity contribution in [1.82, 2.24) is 0 Å². The van der Waals surface area contributed by atoms with Gasteiger partial charge in [-0.05, 0) is 49.1 Å². The minimum atomic E-state index is 0.671. The molecule has 0 aromatic heterocycles. The van der Waals surface area contributed by atoms with Gasteiger partial charge in [0.1, 0.15) is 12.4 Å². The summed E-state index contributed by atoms with van der Waals surface area (Å²) in [6.45, 7) is 7.91. The molecule has 0 spiro atoms. The number of para-hydroxylation sites is 1. The van der Waals surface area contributed by atoms with E-state index >= 15 is 0 Å². The predicted molar refractivity (Wildman–Crippen MR) is 90.3 cm³/mol. The van der Waals surface area contributed by atoms with Gasteiger partial charge >= 0.3 is 0 Å². The molecule has 1 N–H and O–H groups in total. The fraction of sp³-hybridized carbons (Fsp3) is 0.368. The lowest BCUT2D eigenvalue weighted by atomic mass is 10.1. The highest BCUT2D eigenvalue weighted by molar-refractivity contribution is 5.51. The molecule has 2 nitrogen and oxygen atoms in total. The molecular weight excluding hydrogens is 258 g/mol. The molecule has 2 rings (SSSR count). The fourth-order valence-electron chi connectivity index (χ4n) is 2.41. The molecule has 0 bridgehead atoms. The third-order valence-corrected chi connectivity index (χ3v) is 3.77. The zero-order chi connectivity index (χ0) is 15.1. The number of hydrogen-bond acceptors (Lipinski definition) is 2. The van der Waals surface area contributed by atoms with Gasteiger partial charge in [0.05, 0.1) is 0 Å². The number of nitrogens with one attached hydrogen (secondary N) is 1. The van der Waals surface area contributed by atoms with Gasteiger partial charge in [0.15, 0.2) is 0 Å². The molecule has 0 fully saturated rings. The Morgan fingerprint density at radius 2 is 1.81 bits per heavy atom. The minimum absolute atomic E-state index is 0.671. The number of anilines is 1. The van der Waals surface area contributed by atoms with E-state index < -0.39 is 0 Å². The third kappa shape index (κ3) is 4.25. The molecule has 112 valence electrons. The maximum atomic E-state index is 5.88. The lowest BCUT2D eigenvalue weighted by Gasteiger charge is -2.14. The number of rotatable bonds is 7. The molecule has 2 aromatic carbocycles. The first-order valence-corrected chi connectivity index (χ1v) is 7.73. The molecule has 0 saturated carbocycles. The summed E-state index contributed by atoms with van der Waals surface area (Å²) in [6.07, 6.45) is 2.28. The smallest absolute Gasteiger partial charge is 0.122 e. The van der Waals surface area contributed by atoms with Crippen molar-refractivity contribution in [2.45, 2.75) is 33.6 Å². The Bertz CT molecular complexity index is 578. The van der Waals surface area contributed by atoms with Gasteiger partial charge in [0, 0.05) is 12.2 Å². The highest BCUT2D eigenvalue weighted by Gasteiger charge is 2.02.